The fourth-order valence-electron chi connectivity index (χ4n) is 4.68. The molecule has 12 heteroatoms. The van der Waals surface area contributed by atoms with Crippen molar-refractivity contribution in [3.63, 3.8) is 0 Å². The fourth-order valence-corrected chi connectivity index (χ4v) is 5.67. The highest BCUT2D eigenvalue weighted by Crippen LogP contribution is 2.39. The van der Waals surface area contributed by atoms with E-state index >= 15 is 0 Å². The smallest absolute Gasteiger partial charge is 0.408 e. The molecule has 3 saturated heterocycles. The molecule has 1 aromatic carbocycles. The Bertz CT molecular complexity index is 1080. The number of piperidine rings is 3. The molecule has 2 bridgehead atoms. The van der Waals surface area contributed by atoms with Crippen LogP contribution in [0.25, 0.3) is 10.6 Å². The maximum Gasteiger partial charge on any atom is 0.408 e. The average molecular weight is 524 g/mol. The van der Waals surface area contributed by atoms with Gasteiger partial charge in [0.15, 0.2) is 6.10 Å². The Kier molecular flexibility index (Phi) is 8.64. The molecule has 36 heavy (non-hydrogen) atoms. The number of halogens is 1. The van der Waals surface area contributed by atoms with Crippen LogP contribution < -0.4 is 0 Å². The number of thiazole rings is 1. The van der Waals surface area contributed by atoms with Crippen molar-refractivity contribution in [3.8, 4) is 10.6 Å². The van der Waals surface area contributed by atoms with Crippen molar-refractivity contribution in [2.75, 3.05) is 19.6 Å². The third-order valence-corrected chi connectivity index (χ3v) is 7.53. The van der Waals surface area contributed by atoms with Gasteiger partial charge in [0.1, 0.15) is 10.8 Å². The second-order valence-corrected chi connectivity index (χ2v) is 10.3. The number of amides is 1. The summed E-state index contributed by atoms with van der Waals surface area (Å²) >= 11 is 1.46. The molecule has 3 fully saturated rings. The van der Waals surface area contributed by atoms with E-state index in [4.69, 9.17) is 20.3 Å². The van der Waals surface area contributed by atoms with Gasteiger partial charge in [0.25, 0.3) is 0 Å². The standard InChI is InChI=1S/C20H24FN3O2S.C4H6O5/c1-20(2,17-12-27-18(22-17)14-3-5-15(21)6-4-14)24(19(25)26)16-11-23-9-7-13(16)8-10-23;5-2(4(8)9)1-3(6)7/h3-6,12-13,16H,7-11H2,1-2H3,(H,25,26);2,5H,1H2,(H,6,7)(H,8,9)/t16-;/m1./s1. The summed E-state index contributed by atoms with van der Waals surface area (Å²) in [6, 6.07) is 6.23. The summed E-state index contributed by atoms with van der Waals surface area (Å²) in [6.07, 6.45) is -1.32. The first-order valence-corrected chi connectivity index (χ1v) is 12.4. The Morgan fingerprint density at radius 2 is 1.78 bits per heavy atom. The van der Waals surface area contributed by atoms with Gasteiger partial charge >= 0.3 is 18.0 Å². The maximum atomic E-state index is 13.2. The van der Waals surface area contributed by atoms with E-state index in [1.54, 1.807) is 17.0 Å². The number of benzene rings is 1. The van der Waals surface area contributed by atoms with E-state index < -0.39 is 36.1 Å². The fraction of sp³-hybridized carbons (Fsp3) is 0.500. The molecule has 0 spiro atoms. The number of aromatic nitrogens is 1. The van der Waals surface area contributed by atoms with Gasteiger partial charge in [0.2, 0.25) is 0 Å². The molecular weight excluding hydrogens is 493 g/mol. The first-order chi connectivity index (χ1) is 16.9. The van der Waals surface area contributed by atoms with Gasteiger partial charge in [0.05, 0.1) is 23.7 Å². The van der Waals surface area contributed by atoms with Gasteiger partial charge in [-0.3, -0.25) is 9.69 Å². The molecular formula is C24H30FN3O7S. The Morgan fingerprint density at radius 3 is 2.22 bits per heavy atom. The first kappa shape index (κ1) is 27.5. The first-order valence-electron chi connectivity index (χ1n) is 11.5. The largest absolute Gasteiger partial charge is 0.481 e. The molecule has 5 rings (SSSR count). The molecule has 0 radical (unpaired) electrons. The molecule has 196 valence electrons. The van der Waals surface area contributed by atoms with Crippen molar-refractivity contribution in [1.29, 1.82) is 0 Å². The van der Waals surface area contributed by atoms with Crippen LogP contribution >= 0.6 is 11.3 Å². The Balaban J connectivity index is 0.000000345. The summed E-state index contributed by atoms with van der Waals surface area (Å²) in [4.78, 5) is 40.4. The Labute approximate surface area is 211 Å². The summed E-state index contributed by atoms with van der Waals surface area (Å²) in [7, 11) is 0. The maximum absolute atomic E-state index is 13.2. The van der Waals surface area contributed by atoms with Crippen LogP contribution in [0.1, 0.15) is 38.8 Å². The second-order valence-electron chi connectivity index (χ2n) is 9.41. The van der Waals surface area contributed by atoms with Gasteiger partial charge in [-0.15, -0.1) is 11.3 Å². The average Bonchev–Trinajstić information content (AvgIpc) is 3.31. The van der Waals surface area contributed by atoms with E-state index in [0.717, 1.165) is 48.7 Å². The lowest BCUT2D eigenvalue weighted by atomic mass is 9.81. The lowest BCUT2D eigenvalue weighted by Crippen LogP contribution is -2.62. The van der Waals surface area contributed by atoms with E-state index in [-0.39, 0.29) is 11.9 Å². The van der Waals surface area contributed by atoms with Crippen molar-refractivity contribution in [2.45, 2.75) is 50.8 Å². The summed E-state index contributed by atoms with van der Waals surface area (Å²) in [5.41, 5.74) is 0.850. The van der Waals surface area contributed by atoms with Crippen molar-refractivity contribution < 1.29 is 39.2 Å². The summed E-state index contributed by atoms with van der Waals surface area (Å²) in [6.45, 7) is 6.81. The SMILES string of the molecule is CC(C)(c1csc(-c2ccc(F)cc2)n1)N(C(=O)O)[C@@H]1CN2CCC1CC2.O=C(O)CC(O)C(=O)O. The zero-order valence-electron chi connectivity index (χ0n) is 20.0. The lowest BCUT2D eigenvalue weighted by molar-refractivity contribution is -0.152. The van der Waals surface area contributed by atoms with Gasteiger partial charge in [-0.2, -0.15) is 0 Å². The predicted molar refractivity (Wildman–Crippen MR) is 129 cm³/mol. The quantitative estimate of drug-likeness (QED) is 0.429. The molecule has 0 saturated carbocycles. The number of aliphatic carboxylic acids is 2. The topological polar surface area (TPSA) is 152 Å². The number of fused-ring (bicyclic) bond motifs is 3. The van der Waals surface area contributed by atoms with Crippen molar-refractivity contribution in [2.24, 2.45) is 5.92 Å². The number of rotatable bonds is 7. The molecule has 1 aromatic heterocycles. The molecule has 1 unspecified atom stereocenters. The number of nitrogens with zero attached hydrogens (tertiary/aromatic N) is 3. The lowest BCUT2D eigenvalue weighted by Gasteiger charge is -2.52. The highest BCUT2D eigenvalue weighted by atomic mass is 32.1. The van der Waals surface area contributed by atoms with Crippen LogP contribution in [0.5, 0.6) is 0 Å². The minimum absolute atomic E-state index is 0.00373. The number of carboxylic acids is 2. The Morgan fingerprint density at radius 1 is 1.17 bits per heavy atom. The number of aliphatic hydroxyl groups excluding tert-OH is 1. The van der Waals surface area contributed by atoms with Crippen molar-refractivity contribution >= 4 is 29.4 Å². The van der Waals surface area contributed by atoms with Crippen LogP contribution in [-0.2, 0) is 15.1 Å². The normalized spacial score (nSPS) is 21.7. The van der Waals surface area contributed by atoms with Gasteiger partial charge < -0.3 is 25.3 Å². The van der Waals surface area contributed by atoms with Gasteiger partial charge in [-0.1, -0.05) is 0 Å². The minimum atomic E-state index is -1.79. The highest BCUT2D eigenvalue weighted by molar-refractivity contribution is 7.13. The molecule has 1 amide bonds. The second kappa shape index (κ2) is 11.3. The summed E-state index contributed by atoms with van der Waals surface area (Å²) < 4.78 is 13.2. The predicted octanol–water partition coefficient (Wildman–Crippen LogP) is 3.17. The molecule has 3 aliphatic rings. The van der Waals surface area contributed by atoms with E-state index in [9.17, 15) is 23.9 Å². The monoisotopic (exact) mass is 523 g/mol. The van der Waals surface area contributed by atoms with Gasteiger partial charge in [0, 0.05) is 17.5 Å². The van der Waals surface area contributed by atoms with Crippen molar-refractivity contribution in [1.82, 2.24) is 14.8 Å². The molecule has 0 aliphatic carbocycles. The van der Waals surface area contributed by atoms with Crippen LogP contribution in [0.2, 0.25) is 0 Å². The van der Waals surface area contributed by atoms with E-state index in [1.807, 2.05) is 19.2 Å². The number of carboxylic acid groups (broad SMARTS) is 3. The number of aliphatic hydroxyl groups is 1. The van der Waals surface area contributed by atoms with E-state index in [2.05, 4.69) is 4.90 Å². The molecule has 2 atom stereocenters. The summed E-state index contributed by atoms with van der Waals surface area (Å²) in [5, 5.41) is 36.9. The van der Waals surface area contributed by atoms with Crippen LogP contribution in [-0.4, -0.2) is 85.0 Å². The van der Waals surface area contributed by atoms with Crippen LogP contribution in [0.15, 0.2) is 29.6 Å². The third kappa shape index (κ3) is 6.37. The van der Waals surface area contributed by atoms with Crippen LogP contribution in [0, 0.1) is 11.7 Å². The molecule has 10 nitrogen and oxygen atoms in total. The molecule has 2 aromatic rings. The van der Waals surface area contributed by atoms with Crippen LogP contribution in [0.3, 0.4) is 0 Å². The number of hydrogen-bond donors (Lipinski definition) is 4. The minimum Gasteiger partial charge on any atom is -0.481 e. The van der Waals surface area contributed by atoms with E-state index in [1.165, 1.54) is 23.5 Å². The molecule has 4 N–H and O–H groups in total. The van der Waals surface area contributed by atoms with E-state index in [0.29, 0.717) is 5.92 Å². The highest BCUT2D eigenvalue weighted by Gasteiger charge is 2.46. The summed E-state index contributed by atoms with van der Waals surface area (Å²) in [5.74, 6) is -2.71. The zero-order chi connectivity index (χ0) is 26.6. The zero-order valence-corrected chi connectivity index (χ0v) is 20.8. The third-order valence-electron chi connectivity index (χ3n) is 6.64. The number of hydrogen-bond acceptors (Lipinski definition) is 7. The number of carbonyl (C=O) groups is 3. The molecule has 4 heterocycles. The van der Waals surface area contributed by atoms with Gasteiger partial charge in [-0.25, -0.2) is 19.0 Å². The molecule has 3 aliphatic heterocycles. The van der Waals surface area contributed by atoms with Crippen molar-refractivity contribution in [3.05, 3.63) is 41.2 Å². The van der Waals surface area contributed by atoms with Crippen LogP contribution in [0.4, 0.5) is 9.18 Å². The Hall–Kier alpha value is -3.09. The van der Waals surface area contributed by atoms with Gasteiger partial charge in [-0.05, 0) is 70.0 Å².